The SMILES string of the molecule is OCc1nc2[c]cccc2[nH]1. The third-order valence-corrected chi connectivity index (χ3v) is 1.51. The first-order valence-electron chi connectivity index (χ1n) is 3.36. The van der Waals surface area contributed by atoms with E-state index in [1.165, 1.54) is 0 Å². The highest BCUT2D eigenvalue weighted by Crippen LogP contribution is 2.08. The fourth-order valence-corrected chi connectivity index (χ4v) is 1.01. The fourth-order valence-electron chi connectivity index (χ4n) is 1.01. The maximum absolute atomic E-state index is 8.73. The largest absolute Gasteiger partial charge is 0.388 e. The number of H-pyrrole nitrogens is 1. The average molecular weight is 147 g/mol. The molecule has 11 heavy (non-hydrogen) atoms. The Morgan fingerprint density at radius 1 is 1.64 bits per heavy atom. The number of aliphatic hydroxyl groups is 1. The molecule has 1 radical (unpaired) electrons. The molecule has 0 fully saturated rings. The Kier molecular flexibility index (Phi) is 1.36. The molecule has 0 amide bonds. The van der Waals surface area contributed by atoms with Gasteiger partial charge in [-0.05, 0) is 6.07 Å². The molecule has 3 nitrogen and oxygen atoms in total. The molecule has 0 saturated heterocycles. The monoisotopic (exact) mass is 147 g/mol. The van der Waals surface area contributed by atoms with E-state index in [1.54, 1.807) is 6.07 Å². The Hall–Kier alpha value is -1.35. The maximum atomic E-state index is 8.73. The first kappa shape index (κ1) is 6.37. The van der Waals surface area contributed by atoms with Crippen LogP contribution >= 0.6 is 0 Å². The van der Waals surface area contributed by atoms with Crippen molar-refractivity contribution < 1.29 is 5.11 Å². The minimum absolute atomic E-state index is 0.0531. The summed E-state index contributed by atoms with van der Waals surface area (Å²) in [7, 11) is 0. The van der Waals surface area contributed by atoms with Crippen molar-refractivity contribution in [3.8, 4) is 0 Å². The predicted octanol–water partition coefficient (Wildman–Crippen LogP) is 0.855. The van der Waals surface area contributed by atoms with Gasteiger partial charge >= 0.3 is 0 Å². The minimum atomic E-state index is -0.0531. The van der Waals surface area contributed by atoms with E-state index >= 15 is 0 Å². The molecule has 55 valence electrons. The number of nitrogens with one attached hydrogen (secondary N) is 1. The summed E-state index contributed by atoms with van der Waals surface area (Å²) >= 11 is 0. The number of hydrogen-bond acceptors (Lipinski definition) is 2. The van der Waals surface area contributed by atoms with Gasteiger partial charge in [0.25, 0.3) is 0 Å². The first-order chi connectivity index (χ1) is 5.40. The molecule has 0 bridgehead atoms. The highest BCUT2D eigenvalue weighted by atomic mass is 16.3. The van der Waals surface area contributed by atoms with Gasteiger partial charge in [0.1, 0.15) is 12.4 Å². The quantitative estimate of drug-likeness (QED) is 0.628. The van der Waals surface area contributed by atoms with Crippen molar-refractivity contribution >= 4 is 11.0 Å². The lowest BCUT2D eigenvalue weighted by Gasteiger charge is -1.81. The van der Waals surface area contributed by atoms with Gasteiger partial charge in [0.2, 0.25) is 0 Å². The van der Waals surface area contributed by atoms with E-state index in [2.05, 4.69) is 16.0 Å². The number of aliphatic hydroxyl groups excluding tert-OH is 1. The molecule has 0 unspecified atom stereocenters. The molecule has 0 spiro atoms. The molecule has 3 heteroatoms. The van der Waals surface area contributed by atoms with Crippen LogP contribution in [0.15, 0.2) is 18.2 Å². The van der Waals surface area contributed by atoms with Crippen LogP contribution in [0.5, 0.6) is 0 Å². The zero-order valence-corrected chi connectivity index (χ0v) is 5.83. The molecule has 2 aromatic rings. The third kappa shape index (κ3) is 0.991. The zero-order valence-electron chi connectivity index (χ0n) is 5.83. The Balaban J connectivity index is 2.69. The van der Waals surface area contributed by atoms with Gasteiger partial charge in [0.15, 0.2) is 0 Å². The van der Waals surface area contributed by atoms with Crippen molar-refractivity contribution in [1.82, 2.24) is 9.97 Å². The van der Waals surface area contributed by atoms with Gasteiger partial charge in [-0.2, -0.15) is 0 Å². The van der Waals surface area contributed by atoms with Crippen LogP contribution in [0.25, 0.3) is 11.0 Å². The van der Waals surface area contributed by atoms with Crippen LogP contribution in [0.2, 0.25) is 0 Å². The number of fused-ring (bicyclic) bond motifs is 1. The Labute approximate surface area is 63.7 Å². The fraction of sp³-hybridized carbons (Fsp3) is 0.125. The number of aromatic nitrogens is 2. The molecule has 0 aliphatic heterocycles. The molecule has 0 aliphatic rings. The number of nitrogens with zero attached hydrogens (tertiary/aromatic N) is 1. The van der Waals surface area contributed by atoms with E-state index in [-0.39, 0.29) is 6.61 Å². The van der Waals surface area contributed by atoms with E-state index in [0.717, 1.165) is 11.0 Å². The molecule has 1 aromatic carbocycles. The van der Waals surface area contributed by atoms with Crippen molar-refractivity contribution in [2.75, 3.05) is 0 Å². The zero-order chi connectivity index (χ0) is 7.68. The first-order valence-corrected chi connectivity index (χ1v) is 3.36. The second kappa shape index (κ2) is 2.36. The van der Waals surface area contributed by atoms with Gasteiger partial charge in [0.05, 0.1) is 11.0 Å². The van der Waals surface area contributed by atoms with Crippen molar-refractivity contribution in [3.05, 3.63) is 30.1 Å². The highest BCUT2D eigenvalue weighted by Gasteiger charge is 1.98. The molecule has 2 rings (SSSR count). The predicted molar refractivity (Wildman–Crippen MR) is 40.9 cm³/mol. The van der Waals surface area contributed by atoms with Crippen LogP contribution in [0.1, 0.15) is 5.82 Å². The van der Waals surface area contributed by atoms with Crippen LogP contribution in [0.3, 0.4) is 0 Å². The summed E-state index contributed by atoms with van der Waals surface area (Å²) in [5.41, 5.74) is 1.69. The normalized spacial score (nSPS) is 10.6. The van der Waals surface area contributed by atoms with E-state index in [4.69, 9.17) is 5.11 Å². The molecule has 2 N–H and O–H groups in total. The summed E-state index contributed by atoms with van der Waals surface area (Å²) in [6, 6.07) is 8.53. The van der Waals surface area contributed by atoms with Crippen molar-refractivity contribution in [1.29, 1.82) is 0 Å². The summed E-state index contributed by atoms with van der Waals surface area (Å²) in [4.78, 5) is 7.02. The van der Waals surface area contributed by atoms with E-state index < -0.39 is 0 Å². The summed E-state index contributed by atoms with van der Waals surface area (Å²) in [5.74, 6) is 0.586. The number of para-hydroxylation sites is 1. The standard InChI is InChI=1S/C8H7N2O/c11-5-8-9-6-3-1-2-4-7(6)10-8/h1-3,11H,5H2,(H,9,10). The maximum Gasteiger partial charge on any atom is 0.133 e. The molecule has 1 heterocycles. The van der Waals surface area contributed by atoms with Gasteiger partial charge in [-0.25, -0.2) is 4.98 Å². The summed E-state index contributed by atoms with van der Waals surface area (Å²) in [6.07, 6.45) is 0. The highest BCUT2D eigenvalue weighted by molar-refractivity contribution is 5.73. The van der Waals surface area contributed by atoms with Crippen LogP contribution in [-0.2, 0) is 6.61 Å². The van der Waals surface area contributed by atoms with Crippen molar-refractivity contribution in [2.24, 2.45) is 0 Å². The number of benzene rings is 1. The lowest BCUT2D eigenvalue weighted by molar-refractivity contribution is 0.273. The Bertz CT molecular complexity index is 334. The number of aromatic amines is 1. The molecule has 0 atom stereocenters. The van der Waals surface area contributed by atoms with Gasteiger partial charge < -0.3 is 10.1 Å². The van der Waals surface area contributed by atoms with Crippen molar-refractivity contribution in [3.63, 3.8) is 0 Å². The smallest absolute Gasteiger partial charge is 0.133 e. The molecule has 0 saturated carbocycles. The van der Waals surface area contributed by atoms with Crippen LogP contribution in [-0.4, -0.2) is 15.1 Å². The number of hydrogen-bond donors (Lipinski definition) is 2. The lowest BCUT2D eigenvalue weighted by Crippen LogP contribution is -1.83. The van der Waals surface area contributed by atoms with E-state index in [1.807, 2.05) is 12.1 Å². The van der Waals surface area contributed by atoms with E-state index in [0.29, 0.717) is 5.82 Å². The van der Waals surface area contributed by atoms with E-state index in [9.17, 15) is 0 Å². The third-order valence-electron chi connectivity index (χ3n) is 1.51. The average Bonchev–Trinajstić information content (AvgIpc) is 2.46. The molecule has 1 aromatic heterocycles. The number of rotatable bonds is 1. The second-order valence-electron chi connectivity index (χ2n) is 2.27. The second-order valence-corrected chi connectivity index (χ2v) is 2.27. The summed E-state index contributed by atoms with van der Waals surface area (Å²) in [6.45, 7) is -0.0531. The molecular formula is C8H7N2O. The van der Waals surface area contributed by atoms with Gasteiger partial charge in [0, 0.05) is 6.07 Å². The summed E-state index contributed by atoms with van der Waals surface area (Å²) < 4.78 is 0. The van der Waals surface area contributed by atoms with Gasteiger partial charge in [-0.1, -0.05) is 12.1 Å². The van der Waals surface area contributed by atoms with Gasteiger partial charge in [-0.15, -0.1) is 0 Å². The lowest BCUT2D eigenvalue weighted by atomic mass is 10.3. The Morgan fingerprint density at radius 2 is 2.55 bits per heavy atom. The van der Waals surface area contributed by atoms with Gasteiger partial charge in [-0.3, -0.25) is 0 Å². The topological polar surface area (TPSA) is 48.9 Å². The molecule has 0 aliphatic carbocycles. The van der Waals surface area contributed by atoms with Crippen LogP contribution in [0.4, 0.5) is 0 Å². The van der Waals surface area contributed by atoms with Crippen LogP contribution in [0, 0.1) is 6.07 Å². The Morgan fingerprint density at radius 3 is 3.27 bits per heavy atom. The number of imidazole rings is 1. The van der Waals surface area contributed by atoms with Crippen molar-refractivity contribution in [2.45, 2.75) is 6.61 Å². The minimum Gasteiger partial charge on any atom is -0.388 e. The molecular weight excluding hydrogens is 140 g/mol. The van der Waals surface area contributed by atoms with Crippen LogP contribution < -0.4 is 0 Å². The summed E-state index contributed by atoms with van der Waals surface area (Å²) in [5, 5.41) is 8.73.